The topological polar surface area (TPSA) is 82.9 Å². The smallest absolute Gasteiger partial charge is 0.252 e. The zero-order valence-electron chi connectivity index (χ0n) is 22.3. The molecule has 0 aliphatic heterocycles. The van der Waals surface area contributed by atoms with E-state index in [0.29, 0.717) is 0 Å². The van der Waals surface area contributed by atoms with Crippen LogP contribution in [-0.4, -0.2) is 34.7 Å². The summed E-state index contributed by atoms with van der Waals surface area (Å²) in [6.45, 7) is 11.1. The summed E-state index contributed by atoms with van der Waals surface area (Å²) in [4.78, 5) is 24.4. The van der Waals surface area contributed by atoms with Gasteiger partial charge < -0.3 is 0 Å². The fraction of sp³-hybridized carbons (Fsp3) is 0.714. The van der Waals surface area contributed by atoms with E-state index in [1.54, 1.807) is 26.3 Å². The molecule has 35 heavy (non-hydrogen) atoms. The number of unbranched alkanes of at least 4 members (excludes halogenated alkanes) is 14. The van der Waals surface area contributed by atoms with Crippen molar-refractivity contribution in [1.82, 2.24) is 10.9 Å². The first-order valence-corrected chi connectivity index (χ1v) is 14.5. The third-order valence-corrected chi connectivity index (χ3v) is 6.91. The van der Waals surface area contributed by atoms with E-state index in [2.05, 4.69) is 34.2 Å². The van der Waals surface area contributed by atoms with Crippen LogP contribution in [0.2, 0.25) is 0 Å². The van der Waals surface area contributed by atoms with Gasteiger partial charge in [0.05, 0.1) is 10.5 Å². The van der Waals surface area contributed by atoms with E-state index >= 15 is 0 Å². The highest BCUT2D eigenvalue weighted by Crippen LogP contribution is 2.18. The minimum Gasteiger partial charge on any atom is -0.272 e. The molecule has 6 nitrogen and oxygen atoms in total. The van der Waals surface area contributed by atoms with Gasteiger partial charge in [0.15, 0.2) is 0 Å². The van der Waals surface area contributed by atoms with Crippen LogP contribution in [-0.2, 0) is 9.59 Å². The molecule has 200 valence electrons. The van der Waals surface area contributed by atoms with Crippen molar-refractivity contribution >= 4 is 36.0 Å². The minimum atomic E-state index is -0.376. The number of hydrogen-bond acceptors (Lipinski definition) is 5. The van der Waals surface area contributed by atoms with E-state index in [1.165, 1.54) is 76.0 Å². The minimum absolute atomic E-state index is 0.193. The molecule has 0 rings (SSSR count). The number of rotatable bonds is 24. The lowest BCUT2D eigenvalue weighted by molar-refractivity contribution is -0.120. The first-order chi connectivity index (χ1) is 17.0. The number of thioether (sulfide) groups is 1. The van der Waals surface area contributed by atoms with Gasteiger partial charge in [-0.2, -0.15) is 10.2 Å². The normalized spacial score (nSPS) is 13.1. The van der Waals surface area contributed by atoms with Crippen molar-refractivity contribution in [2.75, 3.05) is 0 Å². The maximum Gasteiger partial charge on any atom is 0.252 e. The molecule has 0 aromatic rings. The molecule has 2 amide bonds. The lowest BCUT2D eigenvalue weighted by atomic mass is 10.1. The summed E-state index contributed by atoms with van der Waals surface area (Å²) >= 11 is 1.30. The molecule has 0 aromatic heterocycles. The van der Waals surface area contributed by atoms with Crippen LogP contribution in [0.4, 0.5) is 0 Å². The molecule has 0 spiro atoms. The molecule has 0 heterocycles. The standard InChI is InChI=1S/C28H50N4O2S/c1-5-7-9-11-13-15-17-19-21-23-29-31-27(33)25(3)35-26(4)28(34)32-30-24-22-20-18-16-14-12-10-8-6-2/h5-6,23-26H,1-2,7-22H2,3-4H3,(H,31,33)(H,32,34)/b29-23-,30-24?. The van der Waals surface area contributed by atoms with Crippen LogP contribution in [0.25, 0.3) is 0 Å². The number of nitrogens with one attached hydrogen (secondary N) is 2. The van der Waals surface area contributed by atoms with E-state index < -0.39 is 0 Å². The average molecular weight is 507 g/mol. The molecule has 0 fully saturated rings. The Balaban J connectivity index is 3.79. The maximum atomic E-state index is 12.2. The predicted molar refractivity (Wildman–Crippen MR) is 154 cm³/mol. The maximum absolute atomic E-state index is 12.2. The van der Waals surface area contributed by atoms with Gasteiger partial charge in [-0.05, 0) is 65.2 Å². The Hall–Kier alpha value is -1.89. The van der Waals surface area contributed by atoms with Crippen LogP contribution in [0.1, 0.15) is 117 Å². The van der Waals surface area contributed by atoms with Crippen molar-refractivity contribution in [2.24, 2.45) is 10.2 Å². The summed E-state index contributed by atoms with van der Waals surface area (Å²) in [5.74, 6) is -0.387. The lowest BCUT2D eigenvalue weighted by Gasteiger charge is -2.14. The predicted octanol–water partition coefficient (Wildman–Crippen LogP) is 7.31. The lowest BCUT2D eigenvalue weighted by Crippen LogP contribution is -2.33. The molecular weight excluding hydrogens is 456 g/mol. The average Bonchev–Trinajstić information content (AvgIpc) is 2.85. The Kier molecular flexibility index (Phi) is 23.8. The van der Waals surface area contributed by atoms with Gasteiger partial charge in [0, 0.05) is 12.4 Å². The van der Waals surface area contributed by atoms with E-state index in [9.17, 15) is 9.59 Å². The van der Waals surface area contributed by atoms with Gasteiger partial charge in [-0.25, -0.2) is 10.9 Å². The fourth-order valence-corrected chi connectivity index (χ4v) is 4.39. The highest BCUT2D eigenvalue weighted by Gasteiger charge is 2.21. The van der Waals surface area contributed by atoms with Gasteiger partial charge in [0.25, 0.3) is 11.8 Å². The van der Waals surface area contributed by atoms with Crippen LogP contribution in [0.5, 0.6) is 0 Å². The zero-order valence-corrected chi connectivity index (χ0v) is 23.1. The first kappa shape index (κ1) is 33.1. The van der Waals surface area contributed by atoms with Gasteiger partial charge >= 0.3 is 0 Å². The number of carbonyl (C=O) groups is 2. The highest BCUT2D eigenvalue weighted by molar-refractivity contribution is 8.01. The Morgan fingerprint density at radius 3 is 1.29 bits per heavy atom. The molecular formula is C28H50N4O2S. The molecule has 0 aliphatic rings. The van der Waals surface area contributed by atoms with Gasteiger partial charge in [-0.15, -0.1) is 24.9 Å². The molecule has 0 radical (unpaired) electrons. The van der Waals surface area contributed by atoms with Crippen molar-refractivity contribution in [3.8, 4) is 0 Å². The van der Waals surface area contributed by atoms with Gasteiger partial charge in [-0.3, -0.25) is 9.59 Å². The second-order valence-corrected chi connectivity index (χ2v) is 10.7. The largest absolute Gasteiger partial charge is 0.272 e. The van der Waals surface area contributed by atoms with Crippen LogP contribution in [0.15, 0.2) is 35.5 Å². The van der Waals surface area contributed by atoms with E-state index in [0.717, 1.165) is 38.5 Å². The molecule has 0 saturated carbocycles. The van der Waals surface area contributed by atoms with Gasteiger partial charge in [0.2, 0.25) is 0 Å². The number of hydrazone groups is 2. The number of hydrogen-bond donors (Lipinski definition) is 2. The third-order valence-electron chi connectivity index (χ3n) is 5.66. The summed E-state index contributed by atoms with van der Waals surface area (Å²) in [5.41, 5.74) is 5.15. The third kappa shape index (κ3) is 22.3. The van der Waals surface area contributed by atoms with Crippen LogP contribution in [0, 0.1) is 0 Å². The number of allylic oxidation sites excluding steroid dienone is 2. The van der Waals surface area contributed by atoms with Crippen molar-refractivity contribution in [2.45, 2.75) is 127 Å². The number of nitrogens with zero attached hydrogens (tertiary/aromatic N) is 2. The Bertz CT molecular complexity index is 570. The second-order valence-electron chi connectivity index (χ2n) is 8.97. The van der Waals surface area contributed by atoms with Crippen molar-refractivity contribution < 1.29 is 9.59 Å². The van der Waals surface area contributed by atoms with E-state index in [4.69, 9.17) is 0 Å². The molecule has 0 saturated heterocycles. The quantitative estimate of drug-likeness (QED) is 0.0623. The first-order valence-electron chi connectivity index (χ1n) is 13.5. The SMILES string of the molecule is C=CCCCCCCCCC=NNC(=O)C(C)SC(C)C(=O)N/N=C\CCCCCCCCC=C. The molecule has 0 aromatic carbocycles. The molecule has 2 unspecified atom stereocenters. The molecule has 2 atom stereocenters. The molecule has 7 heteroatoms. The van der Waals surface area contributed by atoms with Gasteiger partial charge in [-0.1, -0.05) is 63.5 Å². The highest BCUT2D eigenvalue weighted by atomic mass is 32.2. The Morgan fingerprint density at radius 2 is 0.943 bits per heavy atom. The monoisotopic (exact) mass is 506 g/mol. The number of carbonyl (C=O) groups excluding carboxylic acids is 2. The van der Waals surface area contributed by atoms with Crippen molar-refractivity contribution in [1.29, 1.82) is 0 Å². The van der Waals surface area contributed by atoms with Crippen LogP contribution < -0.4 is 10.9 Å². The Labute approximate surface area is 218 Å². The molecule has 0 bridgehead atoms. The summed E-state index contributed by atoms with van der Waals surface area (Å²) in [6.07, 6.45) is 26.0. The summed E-state index contributed by atoms with van der Waals surface area (Å²) < 4.78 is 0. The fourth-order valence-electron chi connectivity index (χ4n) is 3.42. The Morgan fingerprint density at radius 1 is 0.629 bits per heavy atom. The van der Waals surface area contributed by atoms with Crippen LogP contribution in [0.3, 0.4) is 0 Å². The van der Waals surface area contributed by atoms with E-state index in [1.807, 2.05) is 12.2 Å². The van der Waals surface area contributed by atoms with Crippen LogP contribution >= 0.6 is 11.8 Å². The molecule has 2 N–H and O–H groups in total. The summed E-state index contributed by atoms with van der Waals surface area (Å²) in [5, 5.41) is 7.32. The van der Waals surface area contributed by atoms with Crippen molar-refractivity contribution in [3.05, 3.63) is 25.3 Å². The summed E-state index contributed by atoms with van der Waals surface area (Å²) in [7, 11) is 0. The number of amides is 2. The summed E-state index contributed by atoms with van der Waals surface area (Å²) in [6, 6.07) is 0. The second kappa shape index (κ2) is 25.2. The van der Waals surface area contributed by atoms with E-state index in [-0.39, 0.29) is 22.3 Å². The zero-order chi connectivity index (χ0) is 26.0. The molecule has 0 aliphatic carbocycles. The van der Waals surface area contributed by atoms with Crippen molar-refractivity contribution in [3.63, 3.8) is 0 Å². The van der Waals surface area contributed by atoms with Gasteiger partial charge in [0.1, 0.15) is 0 Å².